The van der Waals surface area contributed by atoms with E-state index in [1.807, 2.05) is 67.5 Å². The number of halogens is 1. The standard InChI is InChI=1S/C23H33N5O2.HI/c1-4-24-23(25-11-14-27-12-5-6-13-27)26-15-20-7-9-21(10-8-20)22(29)28-16-18(2)30-19(3)17-28;/h5-10,12-13,18-19H,4,11,14-17H2,1-3H3,(H2,24,25,26);1H. The van der Waals surface area contributed by atoms with Gasteiger partial charge in [-0.25, -0.2) is 4.99 Å². The second-order valence-corrected chi connectivity index (χ2v) is 7.71. The molecule has 2 aromatic rings. The number of nitrogens with zero attached hydrogens (tertiary/aromatic N) is 3. The van der Waals surface area contributed by atoms with E-state index in [4.69, 9.17) is 4.74 Å². The number of hydrogen-bond donors (Lipinski definition) is 2. The lowest BCUT2D eigenvalue weighted by atomic mass is 10.1. The zero-order valence-corrected chi connectivity index (χ0v) is 20.9. The molecule has 0 bridgehead atoms. The molecular formula is C23H34IN5O2. The molecule has 1 fully saturated rings. The maximum absolute atomic E-state index is 12.8. The van der Waals surface area contributed by atoms with E-state index in [-0.39, 0.29) is 42.1 Å². The third-order valence-corrected chi connectivity index (χ3v) is 5.00. The van der Waals surface area contributed by atoms with Crippen molar-refractivity contribution in [3.05, 3.63) is 59.9 Å². The zero-order chi connectivity index (χ0) is 21.3. The Morgan fingerprint density at radius 3 is 2.35 bits per heavy atom. The van der Waals surface area contributed by atoms with Crippen molar-refractivity contribution in [1.82, 2.24) is 20.1 Å². The Labute approximate surface area is 202 Å². The van der Waals surface area contributed by atoms with Crippen molar-refractivity contribution >= 4 is 35.8 Å². The molecule has 0 saturated carbocycles. The van der Waals surface area contributed by atoms with Crippen LogP contribution in [-0.2, 0) is 17.8 Å². The Kier molecular flexibility index (Phi) is 10.3. The van der Waals surface area contributed by atoms with E-state index in [0.717, 1.165) is 31.2 Å². The largest absolute Gasteiger partial charge is 0.372 e. The Hall–Kier alpha value is -2.07. The van der Waals surface area contributed by atoms with Crippen LogP contribution in [0.5, 0.6) is 0 Å². The molecule has 170 valence electrons. The second kappa shape index (κ2) is 12.7. The fraction of sp³-hybridized carbons (Fsp3) is 0.478. The van der Waals surface area contributed by atoms with Gasteiger partial charge in [0, 0.05) is 50.7 Å². The molecule has 0 spiro atoms. The molecule has 2 heterocycles. The zero-order valence-electron chi connectivity index (χ0n) is 18.6. The van der Waals surface area contributed by atoms with E-state index in [1.54, 1.807) is 0 Å². The van der Waals surface area contributed by atoms with Crippen LogP contribution < -0.4 is 10.6 Å². The molecule has 7 nitrogen and oxygen atoms in total. The van der Waals surface area contributed by atoms with Gasteiger partial charge in [0.2, 0.25) is 0 Å². The molecule has 31 heavy (non-hydrogen) atoms. The smallest absolute Gasteiger partial charge is 0.254 e. The minimum absolute atomic E-state index is 0. The van der Waals surface area contributed by atoms with E-state index >= 15 is 0 Å². The number of nitrogens with one attached hydrogen (secondary N) is 2. The Balaban J connectivity index is 0.00000341. The van der Waals surface area contributed by atoms with Crippen LogP contribution in [0.2, 0.25) is 0 Å². The SMILES string of the molecule is CCNC(=NCc1ccc(C(=O)N2CC(C)OC(C)C2)cc1)NCCn1cccc1.I. The second-order valence-electron chi connectivity index (χ2n) is 7.71. The molecule has 0 radical (unpaired) electrons. The van der Waals surface area contributed by atoms with Crippen LogP contribution >= 0.6 is 24.0 Å². The third kappa shape index (κ3) is 7.84. The molecule has 1 aliphatic heterocycles. The quantitative estimate of drug-likeness (QED) is 0.323. The molecule has 0 aliphatic carbocycles. The number of benzene rings is 1. The molecule has 1 amide bonds. The number of morpholine rings is 1. The van der Waals surface area contributed by atoms with E-state index in [1.165, 1.54) is 0 Å². The fourth-order valence-electron chi connectivity index (χ4n) is 3.61. The van der Waals surface area contributed by atoms with Crippen LogP contribution in [0.4, 0.5) is 0 Å². The Morgan fingerprint density at radius 1 is 1.10 bits per heavy atom. The summed E-state index contributed by atoms with van der Waals surface area (Å²) in [5.74, 6) is 0.855. The summed E-state index contributed by atoms with van der Waals surface area (Å²) in [7, 11) is 0. The van der Waals surface area contributed by atoms with Crippen LogP contribution in [0.25, 0.3) is 0 Å². The van der Waals surface area contributed by atoms with E-state index < -0.39 is 0 Å². The highest BCUT2D eigenvalue weighted by atomic mass is 127. The topological polar surface area (TPSA) is 70.9 Å². The number of rotatable bonds is 7. The normalized spacial score (nSPS) is 18.9. The van der Waals surface area contributed by atoms with Gasteiger partial charge in [0.25, 0.3) is 5.91 Å². The molecular weight excluding hydrogens is 505 g/mol. The fourth-order valence-corrected chi connectivity index (χ4v) is 3.61. The molecule has 2 unspecified atom stereocenters. The van der Waals surface area contributed by atoms with Gasteiger partial charge in [0.15, 0.2) is 5.96 Å². The van der Waals surface area contributed by atoms with Crippen molar-refractivity contribution in [2.45, 2.75) is 46.1 Å². The number of carbonyl (C=O) groups excluding carboxylic acids is 1. The highest BCUT2D eigenvalue weighted by Crippen LogP contribution is 2.15. The van der Waals surface area contributed by atoms with Crippen molar-refractivity contribution in [3.63, 3.8) is 0 Å². The first kappa shape index (κ1) is 25.2. The predicted octanol–water partition coefficient (Wildman–Crippen LogP) is 3.11. The van der Waals surface area contributed by atoms with Crippen LogP contribution in [0.1, 0.15) is 36.7 Å². The monoisotopic (exact) mass is 539 g/mol. The van der Waals surface area contributed by atoms with Crippen LogP contribution in [0.3, 0.4) is 0 Å². The van der Waals surface area contributed by atoms with Crippen molar-refractivity contribution < 1.29 is 9.53 Å². The van der Waals surface area contributed by atoms with Crippen LogP contribution in [0, 0.1) is 0 Å². The summed E-state index contributed by atoms with van der Waals surface area (Å²) in [6.45, 7) is 10.4. The Bertz CT molecular complexity index is 813. The first-order valence-electron chi connectivity index (χ1n) is 10.7. The number of ether oxygens (including phenoxy) is 1. The van der Waals surface area contributed by atoms with Gasteiger partial charge in [-0.15, -0.1) is 24.0 Å². The van der Waals surface area contributed by atoms with Gasteiger partial charge >= 0.3 is 0 Å². The maximum Gasteiger partial charge on any atom is 0.254 e. The number of carbonyl (C=O) groups is 1. The van der Waals surface area contributed by atoms with Gasteiger partial charge < -0.3 is 24.8 Å². The molecule has 3 rings (SSSR count). The number of hydrogen-bond acceptors (Lipinski definition) is 3. The molecule has 1 aromatic carbocycles. The molecule has 1 saturated heterocycles. The van der Waals surface area contributed by atoms with Gasteiger partial charge in [0.05, 0.1) is 18.8 Å². The lowest BCUT2D eigenvalue weighted by Gasteiger charge is -2.35. The summed E-state index contributed by atoms with van der Waals surface area (Å²) < 4.78 is 7.85. The van der Waals surface area contributed by atoms with E-state index in [2.05, 4.69) is 27.1 Å². The minimum Gasteiger partial charge on any atom is -0.372 e. The summed E-state index contributed by atoms with van der Waals surface area (Å²) in [6, 6.07) is 11.8. The van der Waals surface area contributed by atoms with Gasteiger partial charge in [-0.1, -0.05) is 12.1 Å². The third-order valence-electron chi connectivity index (χ3n) is 5.00. The van der Waals surface area contributed by atoms with Gasteiger partial charge in [-0.3, -0.25) is 4.79 Å². The molecule has 1 aliphatic rings. The predicted molar refractivity (Wildman–Crippen MR) is 135 cm³/mol. The minimum atomic E-state index is 0. The average Bonchev–Trinajstić information content (AvgIpc) is 3.25. The lowest BCUT2D eigenvalue weighted by molar-refractivity contribution is -0.0586. The van der Waals surface area contributed by atoms with Gasteiger partial charge in [-0.05, 0) is 50.6 Å². The lowest BCUT2D eigenvalue weighted by Crippen LogP contribution is -2.48. The van der Waals surface area contributed by atoms with Crippen molar-refractivity contribution in [3.8, 4) is 0 Å². The first-order chi connectivity index (χ1) is 14.5. The molecule has 8 heteroatoms. The van der Waals surface area contributed by atoms with Gasteiger partial charge in [-0.2, -0.15) is 0 Å². The first-order valence-corrected chi connectivity index (χ1v) is 10.7. The van der Waals surface area contributed by atoms with Crippen LogP contribution in [0.15, 0.2) is 53.8 Å². The summed E-state index contributed by atoms with van der Waals surface area (Å²) in [6.07, 6.45) is 4.24. The Morgan fingerprint density at radius 2 is 1.74 bits per heavy atom. The summed E-state index contributed by atoms with van der Waals surface area (Å²) >= 11 is 0. The maximum atomic E-state index is 12.8. The number of guanidine groups is 1. The molecule has 2 atom stereocenters. The van der Waals surface area contributed by atoms with E-state index in [0.29, 0.717) is 25.2 Å². The number of amides is 1. The highest BCUT2D eigenvalue weighted by Gasteiger charge is 2.26. The molecule has 2 N–H and O–H groups in total. The molecule has 1 aromatic heterocycles. The summed E-state index contributed by atoms with van der Waals surface area (Å²) in [5.41, 5.74) is 1.78. The van der Waals surface area contributed by atoms with Crippen molar-refractivity contribution in [1.29, 1.82) is 0 Å². The van der Waals surface area contributed by atoms with E-state index in [9.17, 15) is 4.79 Å². The number of aromatic nitrogens is 1. The van der Waals surface area contributed by atoms with Gasteiger partial charge in [0.1, 0.15) is 0 Å². The van der Waals surface area contributed by atoms with Crippen molar-refractivity contribution in [2.24, 2.45) is 4.99 Å². The summed E-state index contributed by atoms with van der Waals surface area (Å²) in [4.78, 5) is 19.3. The van der Waals surface area contributed by atoms with Crippen LogP contribution in [-0.4, -0.2) is 59.7 Å². The number of aliphatic imine (C=N–C) groups is 1. The van der Waals surface area contributed by atoms with Crippen molar-refractivity contribution in [2.75, 3.05) is 26.2 Å². The highest BCUT2D eigenvalue weighted by molar-refractivity contribution is 14.0. The average molecular weight is 539 g/mol. The summed E-state index contributed by atoms with van der Waals surface area (Å²) in [5, 5.41) is 6.63.